The SMILES string of the molecule is CCSc1cc(-c2ccc(-c3cc(C(F)(F)F)c(C#N)c(=O)n3Cc3ccc(F)cc3F)s2)cc(C(F)(F)F)c1. The molecule has 0 aliphatic heterocycles. The van der Waals surface area contributed by atoms with Crippen molar-refractivity contribution in [2.75, 3.05) is 5.75 Å². The van der Waals surface area contributed by atoms with E-state index in [1.165, 1.54) is 36.0 Å². The molecule has 0 atom stereocenters. The van der Waals surface area contributed by atoms with Crippen LogP contribution in [0.3, 0.4) is 0 Å². The summed E-state index contributed by atoms with van der Waals surface area (Å²) in [5.41, 5.74) is -5.40. The van der Waals surface area contributed by atoms with Crippen LogP contribution in [0.25, 0.3) is 21.0 Å². The maximum Gasteiger partial charge on any atom is 0.417 e. The third-order valence-electron chi connectivity index (χ3n) is 5.75. The van der Waals surface area contributed by atoms with Crippen LogP contribution in [0.4, 0.5) is 35.1 Å². The van der Waals surface area contributed by atoms with Crippen molar-refractivity contribution in [3.63, 3.8) is 0 Å². The fraction of sp³-hybridized carbons (Fsp3) is 0.185. The van der Waals surface area contributed by atoms with Gasteiger partial charge in [-0.1, -0.05) is 13.0 Å². The molecule has 0 spiro atoms. The van der Waals surface area contributed by atoms with Gasteiger partial charge in [0.2, 0.25) is 0 Å². The molecule has 40 heavy (non-hydrogen) atoms. The smallest absolute Gasteiger partial charge is 0.302 e. The number of benzene rings is 2. The van der Waals surface area contributed by atoms with E-state index in [4.69, 9.17) is 0 Å². The van der Waals surface area contributed by atoms with Crippen molar-refractivity contribution in [3.05, 3.63) is 98.8 Å². The highest BCUT2D eigenvalue weighted by Crippen LogP contribution is 2.41. The van der Waals surface area contributed by atoms with Gasteiger partial charge in [0.05, 0.1) is 28.2 Å². The number of pyridine rings is 1. The zero-order valence-corrected chi connectivity index (χ0v) is 21.9. The van der Waals surface area contributed by atoms with Crippen LogP contribution in [-0.4, -0.2) is 10.3 Å². The third-order valence-corrected chi connectivity index (χ3v) is 7.76. The molecule has 0 saturated carbocycles. The average molecular weight is 601 g/mol. The Morgan fingerprint density at radius 2 is 1.62 bits per heavy atom. The first-order chi connectivity index (χ1) is 18.7. The predicted molar refractivity (Wildman–Crippen MR) is 136 cm³/mol. The standard InChI is InChI=1S/C27H16F8N2OS2/c1-2-39-18-8-15(7-16(9-18)26(30,31)32)23-5-6-24(40-23)22-11-20(27(33,34)35)19(12-36)25(38)37(22)13-14-3-4-17(28)10-21(14)29/h3-11H,2,13H2,1H3. The molecule has 0 unspecified atom stereocenters. The van der Waals surface area contributed by atoms with Gasteiger partial charge < -0.3 is 4.57 Å². The molecule has 0 saturated heterocycles. The summed E-state index contributed by atoms with van der Waals surface area (Å²) in [5.74, 6) is -1.48. The van der Waals surface area contributed by atoms with E-state index >= 15 is 0 Å². The van der Waals surface area contributed by atoms with Crippen LogP contribution in [0.15, 0.2) is 64.3 Å². The van der Waals surface area contributed by atoms with Crippen molar-refractivity contribution in [2.24, 2.45) is 0 Å². The third kappa shape index (κ3) is 6.08. The van der Waals surface area contributed by atoms with Crippen LogP contribution in [-0.2, 0) is 18.9 Å². The topological polar surface area (TPSA) is 45.8 Å². The van der Waals surface area contributed by atoms with E-state index in [1.807, 2.05) is 0 Å². The minimum absolute atomic E-state index is 0.0479. The molecule has 2 aromatic carbocycles. The van der Waals surface area contributed by atoms with Gasteiger partial charge in [-0.05, 0) is 53.8 Å². The van der Waals surface area contributed by atoms with E-state index in [0.29, 0.717) is 22.8 Å². The maximum absolute atomic E-state index is 14.4. The summed E-state index contributed by atoms with van der Waals surface area (Å²) in [7, 11) is 0. The van der Waals surface area contributed by atoms with Crippen LogP contribution in [0.1, 0.15) is 29.2 Å². The summed E-state index contributed by atoms with van der Waals surface area (Å²) < 4.78 is 111. The zero-order valence-electron chi connectivity index (χ0n) is 20.3. The largest absolute Gasteiger partial charge is 0.417 e. The Morgan fingerprint density at radius 3 is 2.23 bits per heavy atom. The molecular formula is C27H16F8N2OS2. The quantitative estimate of drug-likeness (QED) is 0.165. The van der Waals surface area contributed by atoms with Crippen molar-refractivity contribution >= 4 is 23.1 Å². The monoisotopic (exact) mass is 600 g/mol. The number of thiophene rings is 1. The fourth-order valence-corrected chi connectivity index (χ4v) is 5.72. The fourth-order valence-electron chi connectivity index (χ4n) is 3.95. The molecule has 4 rings (SSSR count). The Balaban J connectivity index is 1.93. The van der Waals surface area contributed by atoms with Crippen LogP contribution >= 0.6 is 23.1 Å². The minimum Gasteiger partial charge on any atom is -0.302 e. The van der Waals surface area contributed by atoms with Crippen molar-refractivity contribution in [3.8, 4) is 27.1 Å². The van der Waals surface area contributed by atoms with Crippen molar-refractivity contribution < 1.29 is 35.1 Å². The first-order valence-electron chi connectivity index (χ1n) is 11.4. The number of alkyl halides is 6. The van der Waals surface area contributed by atoms with Crippen LogP contribution < -0.4 is 5.56 Å². The van der Waals surface area contributed by atoms with Gasteiger partial charge in [-0.25, -0.2) is 8.78 Å². The lowest BCUT2D eigenvalue weighted by Crippen LogP contribution is -2.28. The lowest BCUT2D eigenvalue weighted by Gasteiger charge is -2.17. The highest BCUT2D eigenvalue weighted by molar-refractivity contribution is 7.99. The lowest BCUT2D eigenvalue weighted by atomic mass is 10.1. The first-order valence-corrected chi connectivity index (χ1v) is 13.2. The van der Waals surface area contributed by atoms with Gasteiger partial charge in [-0.15, -0.1) is 23.1 Å². The molecule has 3 nitrogen and oxygen atoms in total. The molecule has 0 amide bonds. The van der Waals surface area contributed by atoms with Crippen LogP contribution in [0, 0.1) is 23.0 Å². The molecule has 4 aromatic rings. The number of rotatable bonds is 6. The van der Waals surface area contributed by atoms with E-state index < -0.39 is 52.8 Å². The van der Waals surface area contributed by atoms with Gasteiger partial charge in [0.15, 0.2) is 0 Å². The second-order valence-corrected chi connectivity index (χ2v) is 10.8. The van der Waals surface area contributed by atoms with E-state index in [9.17, 15) is 45.2 Å². The Hall–Kier alpha value is -3.63. The summed E-state index contributed by atoms with van der Waals surface area (Å²) in [6, 6.07) is 10.4. The number of thioether (sulfide) groups is 1. The second kappa shape index (κ2) is 11.1. The van der Waals surface area contributed by atoms with Gasteiger partial charge in [0, 0.05) is 21.4 Å². The van der Waals surface area contributed by atoms with Crippen LogP contribution in [0.5, 0.6) is 0 Å². The summed E-state index contributed by atoms with van der Waals surface area (Å²) in [5, 5.41) is 9.34. The molecule has 13 heteroatoms. The Morgan fingerprint density at radius 1 is 0.925 bits per heavy atom. The van der Waals surface area contributed by atoms with Gasteiger partial charge in [-0.3, -0.25) is 4.79 Å². The summed E-state index contributed by atoms with van der Waals surface area (Å²) >= 11 is 1.99. The molecule has 0 fully saturated rings. The number of nitrogens with zero attached hydrogens (tertiary/aromatic N) is 2. The minimum atomic E-state index is -5.09. The molecule has 2 aromatic heterocycles. The molecule has 2 heterocycles. The number of nitriles is 1. The van der Waals surface area contributed by atoms with Gasteiger partial charge in [-0.2, -0.15) is 31.6 Å². The van der Waals surface area contributed by atoms with Gasteiger partial charge >= 0.3 is 12.4 Å². The Labute approximate surface area is 230 Å². The van der Waals surface area contributed by atoms with Crippen molar-refractivity contribution in [2.45, 2.75) is 30.7 Å². The van der Waals surface area contributed by atoms with E-state index in [1.54, 1.807) is 6.92 Å². The number of halogens is 8. The molecular weight excluding hydrogens is 584 g/mol. The van der Waals surface area contributed by atoms with Crippen molar-refractivity contribution in [1.82, 2.24) is 4.57 Å². The van der Waals surface area contributed by atoms with Gasteiger partial charge in [0.25, 0.3) is 5.56 Å². The predicted octanol–water partition coefficient (Wildman–Crippen LogP) is 8.59. The normalized spacial score (nSPS) is 12.0. The number of aromatic nitrogens is 1. The Bertz CT molecular complexity index is 1680. The summed E-state index contributed by atoms with van der Waals surface area (Å²) in [4.78, 5) is 13.8. The first kappa shape index (κ1) is 29.4. The maximum atomic E-state index is 14.4. The molecule has 0 aliphatic rings. The number of hydrogen-bond donors (Lipinski definition) is 0. The molecule has 208 valence electrons. The zero-order chi connectivity index (χ0) is 29.4. The molecule has 0 aliphatic carbocycles. The van der Waals surface area contributed by atoms with Crippen molar-refractivity contribution in [1.29, 1.82) is 5.26 Å². The molecule has 0 bridgehead atoms. The summed E-state index contributed by atoms with van der Waals surface area (Å²) in [6.45, 7) is 1.13. The summed E-state index contributed by atoms with van der Waals surface area (Å²) in [6.07, 6.45) is -9.74. The highest BCUT2D eigenvalue weighted by Gasteiger charge is 2.37. The van der Waals surface area contributed by atoms with E-state index in [2.05, 4.69) is 0 Å². The molecule has 0 N–H and O–H groups in total. The lowest BCUT2D eigenvalue weighted by molar-refractivity contribution is -0.138. The molecule has 0 radical (unpaired) electrons. The van der Waals surface area contributed by atoms with E-state index in [0.717, 1.165) is 40.2 Å². The Kier molecular flexibility index (Phi) is 8.14. The van der Waals surface area contributed by atoms with E-state index in [-0.39, 0.29) is 26.6 Å². The van der Waals surface area contributed by atoms with Gasteiger partial charge in [0.1, 0.15) is 23.3 Å². The average Bonchev–Trinajstić information content (AvgIpc) is 3.35. The number of hydrogen-bond acceptors (Lipinski definition) is 4. The highest BCUT2D eigenvalue weighted by atomic mass is 32.2. The second-order valence-electron chi connectivity index (χ2n) is 8.40. The van der Waals surface area contributed by atoms with Crippen LogP contribution in [0.2, 0.25) is 0 Å².